The minimum absolute atomic E-state index is 0.340. The van der Waals surface area contributed by atoms with Crippen molar-refractivity contribution in [1.82, 2.24) is 25.2 Å². The fraction of sp³-hybridized carbons (Fsp3) is 0.478. The Morgan fingerprint density at radius 2 is 2.03 bits per heavy atom. The van der Waals surface area contributed by atoms with Crippen molar-refractivity contribution in [2.24, 2.45) is 5.41 Å². The Bertz CT molecular complexity index is 1290. The number of hydrogen-bond acceptors (Lipinski definition) is 9. The van der Waals surface area contributed by atoms with E-state index in [0.29, 0.717) is 53.6 Å². The summed E-state index contributed by atoms with van der Waals surface area (Å²) in [6, 6.07) is 4.58. The van der Waals surface area contributed by atoms with E-state index in [1.807, 2.05) is 32.9 Å². The van der Waals surface area contributed by atoms with Gasteiger partial charge >= 0.3 is 11.9 Å². The highest BCUT2D eigenvalue weighted by molar-refractivity contribution is 7.18. The molecule has 35 heavy (non-hydrogen) atoms. The quantitative estimate of drug-likeness (QED) is 0.514. The number of piperidine rings is 1. The molecule has 2 aliphatic rings. The number of esters is 1. The molecule has 1 saturated heterocycles. The lowest BCUT2D eigenvalue weighted by atomic mass is 9.81. The van der Waals surface area contributed by atoms with Gasteiger partial charge in [0.1, 0.15) is 5.60 Å². The first-order valence-corrected chi connectivity index (χ1v) is 12.5. The molecule has 0 saturated carbocycles. The lowest BCUT2D eigenvalue weighted by Crippen LogP contribution is -2.50. The van der Waals surface area contributed by atoms with Crippen LogP contribution < -0.4 is 4.90 Å². The number of thiazole rings is 1. The van der Waals surface area contributed by atoms with Gasteiger partial charge < -0.3 is 14.7 Å². The first kappa shape index (κ1) is 23.7. The molecular weight excluding hydrogens is 492 g/mol. The van der Waals surface area contributed by atoms with Gasteiger partial charge in [-0.25, -0.2) is 14.6 Å². The van der Waals surface area contributed by atoms with E-state index in [9.17, 15) is 14.7 Å². The number of aromatic nitrogens is 5. The summed E-state index contributed by atoms with van der Waals surface area (Å²) in [7, 11) is 0. The summed E-state index contributed by atoms with van der Waals surface area (Å²) in [5, 5.41) is 23.3. The highest BCUT2D eigenvalue weighted by Gasteiger charge is 2.44. The number of rotatable bonds is 4. The third-order valence-corrected chi connectivity index (χ3v) is 7.87. The van der Waals surface area contributed by atoms with Crippen LogP contribution in [0.4, 0.5) is 5.13 Å². The smallest absolute Gasteiger partial charge is 0.340 e. The van der Waals surface area contributed by atoms with Crippen molar-refractivity contribution in [2.45, 2.75) is 51.7 Å². The number of carboxylic acid groups (broad SMARTS) is 1. The predicted octanol–water partition coefficient (Wildman–Crippen LogP) is 3.87. The third-order valence-electron chi connectivity index (χ3n) is 6.50. The molecule has 1 unspecified atom stereocenters. The number of aliphatic carboxylic acids is 1. The second-order valence-corrected chi connectivity index (χ2v) is 11.5. The summed E-state index contributed by atoms with van der Waals surface area (Å²) in [5.74, 6) is -1.03. The Morgan fingerprint density at radius 1 is 1.29 bits per heavy atom. The molecule has 3 aromatic rings. The zero-order valence-electron chi connectivity index (χ0n) is 19.6. The van der Waals surface area contributed by atoms with E-state index >= 15 is 0 Å². The van der Waals surface area contributed by atoms with Crippen molar-refractivity contribution in [3.63, 3.8) is 0 Å². The molecule has 1 atom stereocenters. The van der Waals surface area contributed by atoms with Gasteiger partial charge in [0.05, 0.1) is 21.7 Å². The molecule has 0 bridgehead atoms. The summed E-state index contributed by atoms with van der Waals surface area (Å²) in [5.41, 5.74) is 0.293. The molecule has 0 aliphatic carbocycles. The van der Waals surface area contributed by atoms with E-state index in [2.05, 4.69) is 25.3 Å². The third kappa shape index (κ3) is 4.38. The average Bonchev–Trinajstić information content (AvgIpc) is 3.43. The van der Waals surface area contributed by atoms with E-state index < -0.39 is 23.0 Å². The van der Waals surface area contributed by atoms with E-state index in [4.69, 9.17) is 16.3 Å². The number of fused-ring (bicyclic) bond motifs is 1. The van der Waals surface area contributed by atoms with Crippen LogP contribution >= 0.6 is 22.9 Å². The van der Waals surface area contributed by atoms with E-state index in [-0.39, 0.29) is 5.97 Å². The Labute approximate surface area is 210 Å². The van der Waals surface area contributed by atoms with Crippen molar-refractivity contribution in [2.75, 3.05) is 18.0 Å². The maximum absolute atomic E-state index is 12.7. The van der Waals surface area contributed by atoms with Crippen molar-refractivity contribution in [1.29, 1.82) is 0 Å². The van der Waals surface area contributed by atoms with Gasteiger partial charge in [-0.3, -0.25) is 0 Å². The lowest BCUT2D eigenvalue weighted by Gasteiger charge is -2.43. The number of anilines is 1. The fourth-order valence-electron chi connectivity index (χ4n) is 4.72. The second kappa shape index (κ2) is 8.56. The van der Waals surface area contributed by atoms with Gasteiger partial charge in [0.25, 0.3) is 0 Å². The van der Waals surface area contributed by atoms with E-state index in [1.165, 1.54) is 11.3 Å². The van der Waals surface area contributed by atoms with Crippen LogP contribution in [0.1, 0.15) is 55.6 Å². The van der Waals surface area contributed by atoms with Crippen LogP contribution in [0, 0.1) is 5.41 Å². The van der Waals surface area contributed by atoms with Gasteiger partial charge in [0.15, 0.2) is 11.2 Å². The molecule has 10 nitrogen and oxygen atoms in total. The van der Waals surface area contributed by atoms with Crippen LogP contribution in [-0.4, -0.2) is 60.9 Å². The maximum Gasteiger partial charge on any atom is 0.340 e. The van der Waals surface area contributed by atoms with Gasteiger partial charge in [-0.2, -0.15) is 0 Å². The molecule has 2 aliphatic heterocycles. The van der Waals surface area contributed by atoms with Crippen LogP contribution in [-0.2, 0) is 16.0 Å². The molecule has 1 spiro atoms. The molecule has 4 heterocycles. The monoisotopic (exact) mass is 516 g/mol. The number of tetrazole rings is 1. The minimum atomic E-state index is -1.01. The van der Waals surface area contributed by atoms with Crippen molar-refractivity contribution < 1.29 is 19.4 Å². The van der Waals surface area contributed by atoms with Crippen LogP contribution in [0.25, 0.3) is 10.7 Å². The number of halogens is 1. The van der Waals surface area contributed by atoms with E-state index in [1.54, 1.807) is 12.3 Å². The molecule has 184 valence electrons. The topological polar surface area (TPSA) is 123 Å². The van der Waals surface area contributed by atoms with E-state index in [0.717, 1.165) is 15.5 Å². The normalized spacial score (nSPS) is 18.3. The molecule has 5 rings (SSSR count). The Balaban J connectivity index is 1.29. The number of benzene rings is 1. The largest absolute Gasteiger partial charge is 0.480 e. The molecule has 0 amide bonds. The zero-order chi connectivity index (χ0) is 25.0. The lowest BCUT2D eigenvalue weighted by molar-refractivity contribution is -0.145. The second-order valence-electron chi connectivity index (χ2n) is 10.1. The highest BCUT2D eigenvalue weighted by atomic mass is 35.5. The first-order valence-electron chi connectivity index (χ1n) is 11.3. The summed E-state index contributed by atoms with van der Waals surface area (Å²) in [4.78, 5) is 33.0. The SMILES string of the molecule is CC(C)(C)C(C(=O)O)n1nnc(-c2cnc(N3CCC4(CC3)Cc3cccc(Cl)c3C(=O)O4)s2)n1. The van der Waals surface area contributed by atoms with Crippen molar-refractivity contribution >= 4 is 40.0 Å². The number of carbonyl (C=O) groups excluding carboxylic acids is 1. The number of nitrogens with zero attached hydrogens (tertiary/aromatic N) is 6. The zero-order valence-corrected chi connectivity index (χ0v) is 21.1. The van der Waals surface area contributed by atoms with Crippen molar-refractivity contribution in [3.05, 3.63) is 40.5 Å². The van der Waals surface area contributed by atoms with Gasteiger partial charge in [0, 0.05) is 32.4 Å². The predicted molar refractivity (Wildman–Crippen MR) is 130 cm³/mol. The minimum Gasteiger partial charge on any atom is -0.480 e. The summed E-state index contributed by atoms with van der Waals surface area (Å²) < 4.78 is 5.91. The molecular formula is C23H25ClN6O4S. The summed E-state index contributed by atoms with van der Waals surface area (Å²) >= 11 is 7.64. The number of hydrogen-bond donors (Lipinski definition) is 1. The molecule has 2 aromatic heterocycles. The Kier molecular flexibility index (Phi) is 5.79. The Morgan fingerprint density at radius 3 is 2.71 bits per heavy atom. The molecule has 1 fully saturated rings. The van der Waals surface area contributed by atoms with Crippen LogP contribution in [0.15, 0.2) is 24.4 Å². The average molecular weight is 517 g/mol. The maximum atomic E-state index is 12.7. The van der Waals surface area contributed by atoms with Crippen LogP contribution in [0.3, 0.4) is 0 Å². The first-order chi connectivity index (χ1) is 16.6. The Hall–Kier alpha value is -3.05. The molecule has 12 heteroatoms. The van der Waals surface area contributed by atoms with Gasteiger partial charge in [-0.1, -0.05) is 55.8 Å². The fourth-order valence-corrected chi connectivity index (χ4v) is 5.89. The standard InChI is InChI=1S/C23H25ClN6O4S/c1-22(2,3)17(19(31)32)30-27-18(26-28-30)15-12-25-21(35-15)29-9-7-23(8-10-29)11-13-5-4-6-14(24)16(13)20(33)34-23/h4-6,12,17H,7-11H2,1-3H3,(H,31,32). The number of carboxylic acids is 1. The molecule has 1 aromatic carbocycles. The van der Waals surface area contributed by atoms with Crippen LogP contribution in [0.5, 0.6) is 0 Å². The number of ether oxygens (including phenoxy) is 1. The van der Waals surface area contributed by atoms with Crippen LogP contribution in [0.2, 0.25) is 5.02 Å². The summed E-state index contributed by atoms with van der Waals surface area (Å²) in [6.07, 6.45) is 3.69. The highest BCUT2D eigenvalue weighted by Crippen LogP contribution is 2.40. The van der Waals surface area contributed by atoms with Gasteiger partial charge in [-0.05, 0) is 22.3 Å². The molecule has 1 N–H and O–H groups in total. The number of carbonyl (C=O) groups is 2. The van der Waals surface area contributed by atoms with Crippen molar-refractivity contribution in [3.8, 4) is 10.7 Å². The van der Waals surface area contributed by atoms with Gasteiger partial charge in [0.2, 0.25) is 5.82 Å². The van der Waals surface area contributed by atoms with Gasteiger partial charge in [-0.15, -0.1) is 15.0 Å². The molecule has 0 radical (unpaired) electrons. The summed E-state index contributed by atoms with van der Waals surface area (Å²) in [6.45, 7) is 6.82.